The normalized spacial score (nSPS) is 23.5. The molecule has 4 amide bonds. The molecule has 104 valence electrons. The fraction of sp³-hybridized carbons (Fsp3) is 0.636. The van der Waals surface area contributed by atoms with Crippen LogP contribution in [-0.2, 0) is 14.4 Å². The SMILES string of the molecule is CN1C(=O)CC(NC(=O)N2CC(CC(=O)O)C2)C1=O. The smallest absolute Gasteiger partial charge is 0.318 e. The molecule has 0 spiro atoms. The fourth-order valence-corrected chi connectivity index (χ4v) is 2.22. The largest absolute Gasteiger partial charge is 0.481 e. The van der Waals surface area contributed by atoms with Gasteiger partial charge in [0.2, 0.25) is 5.91 Å². The second-order valence-corrected chi connectivity index (χ2v) is 4.87. The highest BCUT2D eigenvalue weighted by molar-refractivity contribution is 6.06. The second kappa shape index (κ2) is 4.87. The van der Waals surface area contributed by atoms with Gasteiger partial charge in [0, 0.05) is 26.1 Å². The molecule has 1 unspecified atom stereocenters. The van der Waals surface area contributed by atoms with Crippen molar-refractivity contribution in [2.45, 2.75) is 18.9 Å². The van der Waals surface area contributed by atoms with Crippen molar-refractivity contribution in [2.24, 2.45) is 5.92 Å². The molecule has 2 heterocycles. The van der Waals surface area contributed by atoms with Crippen molar-refractivity contribution in [1.82, 2.24) is 15.1 Å². The lowest BCUT2D eigenvalue weighted by atomic mass is 9.97. The number of carboxylic acids is 1. The van der Waals surface area contributed by atoms with Crippen LogP contribution in [0, 0.1) is 5.92 Å². The van der Waals surface area contributed by atoms with Gasteiger partial charge in [-0.3, -0.25) is 19.3 Å². The van der Waals surface area contributed by atoms with E-state index in [4.69, 9.17) is 5.11 Å². The third-order valence-electron chi connectivity index (χ3n) is 3.39. The van der Waals surface area contributed by atoms with Gasteiger partial charge in [0.05, 0.1) is 12.8 Å². The molecule has 0 aliphatic carbocycles. The highest BCUT2D eigenvalue weighted by Crippen LogP contribution is 2.19. The Bertz CT molecular complexity index is 444. The van der Waals surface area contributed by atoms with E-state index in [0.29, 0.717) is 13.1 Å². The number of carbonyl (C=O) groups excluding carboxylic acids is 3. The Kier molecular flexibility index (Phi) is 3.41. The Morgan fingerprint density at radius 2 is 2.00 bits per heavy atom. The van der Waals surface area contributed by atoms with Gasteiger partial charge in [0.15, 0.2) is 0 Å². The first-order valence-corrected chi connectivity index (χ1v) is 5.96. The molecule has 0 aromatic rings. The summed E-state index contributed by atoms with van der Waals surface area (Å²) in [6.45, 7) is 0.728. The highest BCUT2D eigenvalue weighted by atomic mass is 16.4. The Morgan fingerprint density at radius 3 is 2.47 bits per heavy atom. The van der Waals surface area contributed by atoms with Gasteiger partial charge in [0.25, 0.3) is 5.91 Å². The van der Waals surface area contributed by atoms with E-state index >= 15 is 0 Å². The van der Waals surface area contributed by atoms with Gasteiger partial charge >= 0.3 is 12.0 Å². The van der Waals surface area contributed by atoms with Gasteiger partial charge in [-0.1, -0.05) is 0 Å². The number of rotatable bonds is 3. The first-order chi connectivity index (χ1) is 8.88. The molecule has 0 radical (unpaired) electrons. The molecule has 0 aromatic heterocycles. The number of likely N-dealkylation sites (N-methyl/N-ethyl adjacent to an activating group) is 1. The van der Waals surface area contributed by atoms with Gasteiger partial charge < -0.3 is 15.3 Å². The van der Waals surface area contributed by atoms with Gasteiger partial charge in [-0.15, -0.1) is 0 Å². The first-order valence-electron chi connectivity index (χ1n) is 5.96. The number of nitrogens with one attached hydrogen (secondary N) is 1. The zero-order valence-corrected chi connectivity index (χ0v) is 10.5. The summed E-state index contributed by atoms with van der Waals surface area (Å²) in [7, 11) is 1.38. The molecule has 0 bridgehead atoms. The van der Waals surface area contributed by atoms with Gasteiger partial charge in [-0.2, -0.15) is 0 Å². The molecule has 2 N–H and O–H groups in total. The predicted octanol–water partition coefficient (Wildman–Crippen LogP) is -1.14. The van der Waals surface area contributed by atoms with Crippen LogP contribution in [0.25, 0.3) is 0 Å². The standard InChI is InChI=1S/C11H15N3O5/c1-13-8(15)3-7(10(13)18)12-11(19)14-4-6(5-14)2-9(16)17/h6-7H,2-5H2,1H3,(H,12,19)(H,16,17). The third-order valence-corrected chi connectivity index (χ3v) is 3.39. The number of hydrogen-bond acceptors (Lipinski definition) is 4. The van der Waals surface area contributed by atoms with E-state index in [0.717, 1.165) is 4.90 Å². The maximum Gasteiger partial charge on any atom is 0.318 e. The van der Waals surface area contributed by atoms with Crippen LogP contribution >= 0.6 is 0 Å². The number of carbonyl (C=O) groups is 4. The number of imide groups is 1. The zero-order valence-electron chi connectivity index (χ0n) is 10.5. The van der Waals surface area contributed by atoms with E-state index in [9.17, 15) is 19.2 Å². The lowest BCUT2D eigenvalue weighted by Crippen LogP contribution is -2.56. The number of urea groups is 1. The number of nitrogens with zero attached hydrogens (tertiary/aromatic N) is 2. The summed E-state index contributed by atoms with van der Waals surface area (Å²) in [4.78, 5) is 47.5. The molecule has 8 nitrogen and oxygen atoms in total. The van der Waals surface area contributed by atoms with Crippen LogP contribution in [-0.4, -0.2) is 64.9 Å². The third kappa shape index (κ3) is 2.67. The molecule has 19 heavy (non-hydrogen) atoms. The predicted molar refractivity (Wildman–Crippen MR) is 62.0 cm³/mol. The Morgan fingerprint density at radius 1 is 1.37 bits per heavy atom. The van der Waals surface area contributed by atoms with Crippen LogP contribution in [0.5, 0.6) is 0 Å². The van der Waals surface area contributed by atoms with Crippen molar-refractivity contribution in [3.05, 3.63) is 0 Å². The van der Waals surface area contributed by atoms with Gasteiger partial charge in [-0.25, -0.2) is 4.79 Å². The van der Waals surface area contributed by atoms with E-state index < -0.39 is 23.9 Å². The number of carboxylic acid groups (broad SMARTS) is 1. The molecule has 2 saturated heterocycles. The van der Waals surface area contributed by atoms with Crippen molar-refractivity contribution in [3.8, 4) is 0 Å². The monoisotopic (exact) mass is 269 g/mol. The molecule has 2 fully saturated rings. The molecule has 0 aromatic carbocycles. The van der Waals surface area contributed by atoms with Crippen molar-refractivity contribution in [1.29, 1.82) is 0 Å². The van der Waals surface area contributed by atoms with Crippen LogP contribution < -0.4 is 5.32 Å². The minimum atomic E-state index is -0.886. The zero-order chi connectivity index (χ0) is 14.2. The molecular formula is C11H15N3O5. The first kappa shape index (κ1) is 13.3. The number of hydrogen-bond donors (Lipinski definition) is 2. The van der Waals surface area contributed by atoms with Crippen molar-refractivity contribution in [3.63, 3.8) is 0 Å². The Labute approximate surface area is 109 Å². The van der Waals surface area contributed by atoms with Crippen LogP contribution in [0.15, 0.2) is 0 Å². The highest BCUT2D eigenvalue weighted by Gasteiger charge is 2.39. The molecule has 8 heteroatoms. The quantitative estimate of drug-likeness (QED) is 0.630. The summed E-state index contributed by atoms with van der Waals surface area (Å²) in [5.41, 5.74) is 0. The molecule has 1 atom stereocenters. The summed E-state index contributed by atoms with van der Waals surface area (Å²) >= 11 is 0. The summed E-state index contributed by atoms with van der Waals surface area (Å²) in [5.74, 6) is -1.65. The van der Waals surface area contributed by atoms with E-state index in [1.54, 1.807) is 0 Å². The molecule has 2 aliphatic heterocycles. The molecule has 2 aliphatic rings. The summed E-state index contributed by atoms with van der Waals surface area (Å²) in [5, 5.41) is 11.1. The van der Waals surface area contributed by atoms with Gasteiger partial charge in [-0.05, 0) is 0 Å². The Hall–Kier alpha value is -2.12. The fourth-order valence-electron chi connectivity index (χ4n) is 2.22. The van der Waals surface area contributed by atoms with E-state index in [2.05, 4.69) is 5.32 Å². The van der Waals surface area contributed by atoms with E-state index in [1.165, 1.54) is 11.9 Å². The number of likely N-dealkylation sites (tertiary alicyclic amines) is 2. The van der Waals surface area contributed by atoms with Crippen molar-refractivity contribution in [2.75, 3.05) is 20.1 Å². The summed E-state index contributed by atoms with van der Waals surface area (Å²) in [6, 6.07) is -1.23. The van der Waals surface area contributed by atoms with E-state index in [1.807, 2.05) is 0 Å². The lowest BCUT2D eigenvalue weighted by molar-refractivity contribution is -0.139. The average molecular weight is 269 g/mol. The minimum absolute atomic E-state index is 0.0204. The van der Waals surface area contributed by atoms with Crippen LogP contribution in [0.3, 0.4) is 0 Å². The summed E-state index contributed by atoms with van der Waals surface area (Å²) < 4.78 is 0. The maximum atomic E-state index is 11.8. The van der Waals surface area contributed by atoms with Crippen molar-refractivity contribution >= 4 is 23.8 Å². The number of amides is 4. The maximum absolute atomic E-state index is 11.8. The molecular weight excluding hydrogens is 254 g/mol. The Balaban J connectivity index is 1.79. The topological polar surface area (TPSA) is 107 Å². The molecule has 2 rings (SSSR count). The second-order valence-electron chi connectivity index (χ2n) is 4.87. The van der Waals surface area contributed by atoms with Crippen molar-refractivity contribution < 1.29 is 24.3 Å². The minimum Gasteiger partial charge on any atom is -0.481 e. The van der Waals surface area contributed by atoms with Crippen LogP contribution in [0.1, 0.15) is 12.8 Å². The molecule has 0 saturated carbocycles. The average Bonchev–Trinajstić information content (AvgIpc) is 2.50. The summed E-state index contributed by atoms with van der Waals surface area (Å²) in [6.07, 6.45) is 0.0147. The van der Waals surface area contributed by atoms with Gasteiger partial charge in [0.1, 0.15) is 6.04 Å². The van der Waals surface area contributed by atoms with Crippen LogP contribution in [0.4, 0.5) is 4.79 Å². The number of aliphatic carboxylic acids is 1. The lowest BCUT2D eigenvalue weighted by Gasteiger charge is -2.38. The van der Waals surface area contributed by atoms with E-state index in [-0.39, 0.29) is 24.7 Å². The van der Waals surface area contributed by atoms with Crippen LogP contribution in [0.2, 0.25) is 0 Å².